The van der Waals surface area contributed by atoms with Gasteiger partial charge in [-0.05, 0) is 49.1 Å². The van der Waals surface area contributed by atoms with E-state index in [9.17, 15) is 8.42 Å². The lowest BCUT2D eigenvalue weighted by atomic mass is 10.2. The van der Waals surface area contributed by atoms with E-state index in [1.165, 1.54) is 0 Å². The van der Waals surface area contributed by atoms with Crippen molar-refractivity contribution >= 4 is 15.8 Å². The predicted molar refractivity (Wildman–Crippen MR) is 93.1 cm³/mol. The monoisotopic (exact) mass is 346 g/mol. The third-order valence-electron chi connectivity index (χ3n) is 4.14. The van der Waals surface area contributed by atoms with Gasteiger partial charge in [0.2, 0.25) is 10.0 Å². The van der Waals surface area contributed by atoms with Crippen LogP contribution in [0.4, 0.5) is 5.82 Å². The fraction of sp³-hybridized carbons (Fsp3) is 0.412. The van der Waals surface area contributed by atoms with Gasteiger partial charge in [-0.25, -0.2) is 8.42 Å². The first-order valence-electron chi connectivity index (χ1n) is 8.18. The van der Waals surface area contributed by atoms with Crippen molar-refractivity contribution in [2.24, 2.45) is 0 Å². The van der Waals surface area contributed by atoms with Crippen molar-refractivity contribution < 1.29 is 8.42 Å². The van der Waals surface area contributed by atoms with Crippen molar-refractivity contribution in [3.05, 3.63) is 47.7 Å². The molecule has 0 aliphatic carbocycles. The molecule has 0 amide bonds. The molecule has 1 aromatic heterocycles. The van der Waals surface area contributed by atoms with Gasteiger partial charge >= 0.3 is 0 Å². The molecule has 1 aliphatic heterocycles. The fourth-order valence-corrected chi connectivity index (χ4v) is 4.29. The average molecular weight is 346 g/mol. The van der Waals surface area contributed by atoms with Gasteiger partial charge in [0, 0.05) is 19.6 Å². The molecule has 1 aromatic carbocycles. The van der Waals surface area contributed by atoms with E-state index in [1.807, 2.05) is 25.1 Å². The predicted octanol–water partition coefficient (Wildman–Crippen LogP) is 2.57. The summed E-state index contributed by atoms with van der Waals surface area (Å²) in [5, 5.41) is 11.1. The van der Waals surface area contributed by atoms with E-state index in [-0.39, 0.29) is 0 Å². The lowest BCUT2D eigenvalue weighted by Crippen LogP contribution is -2.35. The number of hydrogen-bond acceptors (Lipinski definition) is 5. The topological polar surface area (TPSA) is 75.2 Å². The van der Waals surface area contributed by atoms with E-state index in [2.05, 4.69) is 15.5 Å². The maximum Gasteiger partial charge on any atom is 0.243 e. The second kappa shape index (κ2) is 7.27. The van der Waals surface area contributed by atoms with Gasteiger partial charge in [0.25, 0.3) is 0 Å². The van der Waals surface area contributed by atoms with Gasteiger partial charge in [0.1, 0.15) is 5.82 Å². The average Bonchev–Trinajstić information content (AvgIpc) is 2.61. The van der Waals surface area contributed by atoms with Gasteiger partial charge in [0.15, 0.2) is 0 Å². The zero-order valence-electron chi connectivity index (χ0n) is 13.8. The van der Waals surface area contributed by atoms with Gasteiger partial charge in [-0.3, -0.25) is 0 Å². The van der Waals surface area contributed by atoms with Crippen molar-refractivity contribution in [1.29, 1.82) is 0 Å². The summed E-state index contributed by atoms with van der Waals surface area (Å²) in [5.41, 5.74) is 2.03. The van der Waals surface area contributed by atoms with E-state index in [1.54, 1.807) is 22.6 Å². The lowest BCUT2D eigenvalue weighted by Gasteiger charge is -2.25. The standard InChI is InChI=1S/C17H22N4O2S/c1-14-11-17(20-19-12-14)18-13-15-5-7-16(8-6-15)24(22,23)21-9-3-2-4-10-21/h5-8,11-12H,2-4,9-10,13H2,1H3,(H,18,20). The SMILES string of the molecule is Cc1cnnc(NCc2ccc(S(=O)(=O)N3CCCCC3)cc2)c1. The molecule has 2 aromatic rings. The van der Waals surface area contributed by atoms with Crippen LogP contribution in [0.5, 0.6) is 0 Å². The van der Waals surface area contributed by atoms with Crippen molar-refractivity contribution in [1.82, 2.24) is 14.5 Å². The maximum absolute atomic E-state index is 12.6. The summed E-state index contributed by atoms with van der Waals surface area (Å²) in [4.78, 5) is 0.364. The molecular weight excluding hydrogens is 324 g/mol. The lowest BCUT2D eigenvalue weighted by molar-refractivity contribution is 0.346. The van der Waals surface area contributed by atoms with E-state index >= 15 is 0 Å². The Kier molecular flexibility index (Phi) is 5.11. The van der Waals surface area contributed by atoms with Crippen molar-refractivity contribution in [2.75, 3.05) is 18.4 Å². The summed E-state index contributed by atoms with van der Waals surface area (Å²) >= 11 is 0. The van der Waals surface area contributed by atoms with Crippen LogP contribution >= 0.6 is 0 Å². The molecule has 0 bridgehead atoms. The summed E-state index contributed by atoms with van der Waals surface area (Å²) in [7, 11) is -3.36. The number of anilines is 1. The fourth-order valence-electron chi connectivity index (χ4n) is 2.78. The van der Waals surface area contributed by atoms with Crippen LogP contribution in [0.25, 0.3) is 0 Å². The van der Waals surface area contributed by atoms with Crippen LogP contribution in [0, 0.1) is 6.92 Å². The highest BCUT2D eigenvalue weighted by molar-refractivity contribution is 7.89. The molecule has 3 rings (SSSR count). The second-order valence-electron chi connectivity index (χ2n) is 6.08. The summed E-state index contributed by atoms with van der Waals surface area (Å²) < 4.78 is 26.8. The highest BCUT2D eigenvalue weighted by Gasteiger charge is 2.25. The molecule has 1 aliphatic rings. The van der Waals surface area contributed by atoms with E-state index < -0.39 is 10.0 Å². The van der Waals surface area contributed by atoms with Crippen LogP contribution in [-0.4, -0.2) is 36.0 Å². The zero-order valence-corrected chi connectivity index (χ0v) is 14.6. The number of sulfonamides is 1. The third kappa shape index (κ3) is 3.91. The molecule has 24 heavy (non-hydrogen) atoms. The molecule has 7 heteroatoms. The van der Waals surface area contributed by atoms with Crippen LogP contribution in [0.1, 0.15) is 30.4 Å². The number of rotatable bonds is 5. The molecule has 0 spiro atoms. The Labute approximate surface area is 143 Å². The molecule has 1 saturated heterocycles. The van der Waals surface area contributed by atoms with E-state index in [4.69, 9.17) is 0 Å². The zero-order chi connectivity index (χ0) is 17.0. The number of hydrogen-bond donors (Lipinski definition) is 1. The molecule has 2 heterocycles. The first-order chi connectivity index (χ1) is 11.6. The number of benzene rings is 1. The summed E-state index contributed by atoms with van der Waals surface area (Å²) in [6.07, 6.45) is 4.70. The molecular formula is C17H22N4O2S. The van der Waals surface area contributed by atoms with Crippen molar-refractivity contribution in [3.63, 3.8) is 0 Å². The van der Waals surface area contributed by atoms with Crippen LogP contribution in [0.2, 0.25) is 0 Å². The number of aromatic nitrogens is 2. The van der Waals surface area contributed by atoms with Gasteiger partial charge < -0.3 is 5.32 Å². The van der Waals surface area contributed by atoms with E-state index in [0.29, 0.717) is 30.3 Å². The minimum Gasteiger partial charge on any atom is -0.364 e. The number of piperidine rings is 1. The van der Waals surface area contributed by atoms with Crippen LogP contribution < -0.4 is 5.32 Å². The molecule has 1 N–H and O–H groups in total. The van der Waals surface area contributed by atoms with Gasteiger partial charge in [-0.1, -0.05) is 18.6 Å². The first-order valence-corrected chi connectivity index (χ1v) is 9.62. The molecule has 0 atom stereocenters. The Morgan fingerprint density at radius 1 is 1.12 bits per heavy atom. The molecule has 0 saturated carbocycles. The number of nitrogens with one attached hydrogen (secondary N) is 1. The number of nitrogens with zero attached hydrogens (tertiary/aromatic N) is 3. The Bertz CT molecular complexity index is 784. The van der Waals surface area contributed by atoms with E-state index in [0.717, 1.165) is 30.4 Å². The third-order valence-corrected chi connectivity index (χ3v) is 6.05. The molecule has 0 radical (unpaired) electrons. The molecule has 1 fully saturated rings. The molecule has 6 nitrogen and oxygen atoms in total. The Hall–Kier alpha value is -1.99. The van der Waals surface area contributed by atoms with Crippen LogP contribution in [0.15, 0.2) is 41.4 Å². The number of aryl methyl sites for hydroxylation is 1. The molecule has 128 valence electrons. The first kappa shape index (κ1) is 16.9. The summed E-state index contributed by atoms with van der Waals surface area (Å²) in [5.74, 6) is 0.708. The minimum atomic E-state index is -3.36. The Morgan fingerprint density at radius 3 is 2.50 bits per heavy atom. The smallest absolute Gasteiger partial charge is 0.243 e. The maximum atomic E-state index is 12.6. The van der Waals surface area contributed by atoms with Gasteiger partial charge in [-0.2, -0.15) is 9.40 Å². The molecule has 0 unspecified atom stereocenters. The van der Waals surface area contributed by atoms with Crippen molar-refractivity contribution in [3.8, 4) is 0 Å². The minimum absolute atomic E-state index is 0.364. The largest absolute Gasteiger partial charge is 0.364 e. The Morgan fingerprint density at radius 2 is 1.83 bits per heavy atom. The van der Waals surface area contributed by atoms with Gasteiger partial charge in [-0.15, -0.1) is 5.10 Å². The normalized spacial score (nSPS) is 16.0. The van der Waals surface area contributed by atoms with Crippen LogP contribution in [0.3, 0.4) is 0 Å². The highest BCUT2D eigenvalue weighted by Crippen LogP contribution is 2.21. The highest BCUT2D eigenvalue weighted by atomic mass is 32.2. The second-order valence-corrected chi connectivity index (χ2v) is 8.02. The van der Waals surface area contributed by atoms with Crippen LogP contribution in [-0.2, 0) is 16.6 Å². The van der Waals surface area contributed by atoms with Gasteiger partial charge in [0.05, 0.1) is 11.1 Å². The Balaban J connectivity index is 1.66. The summed E-state index contributed by atoms with van der Waals surface area (Å²) in [6.45, 7) is 3.78. The van der Waals surface area contributed by atoms with Crippen molar-refractivity contribution in [2.45, 2.75) is 37.6 Å². The quantitative estimate of drug-likeness (QED) is 0.900. The summed E-state index contributed by atoms with van der Waals surface area (Å²) in [6, 6.07) is 8.97.